The van der Waals surface area contributed by atoms with E-state index in [4.69, 9.17) is 0 Å². The molecule has 1 amide bonds. The van der Waals surface area contributed by atoms with Gasteiger partial charge in [0.15, 0.2) is 5.78 Å². The van der Waals surface area contributed by atoms with Gasteiger partial charge in [-0.15, -0.1) is 0 Å². The molecule has 3 aromatic rings. The maximum Gasteiger partial charge on any atom is 0.254 e. The lowest BCUT2D eigenvalue weighted by Gasteiger charge is -2.33. The van der Waals surface area contributed by atoms with E-state index < -0.39 is 10.0 Å². The molecule has 6 nitrogen and oxygen atoms in total. The molecule has 0 unspecified atom stereocenters. The fourth-order valence-electron chi connectivity index (χ4n) is 3.74. The molecule has 7 heteroatoms. The number of hydrogen-bond donors (Lipinski definition) is 0. The first-order valence-electron chi connectivity index (χ1n) is 10.7. The first kappa shape index (κ1) is 22.6. The Labute approximate surface area is 193 Å². The second kappa shape index (κ2) is 9.94. The van der Waals surface area contributed by atoms with Crippen LogP contribution in [0.3, 0.4) is 0 Å². The average molecular weight is 461 g/mol. The first-order valence-corrected chi connectivity index (χ1v) is 12.2. The van der Waals surface area contributed by atoms with Crippen molar-refractivity contribution >= 4 is 27.8 Å². The third-order valence-corrected chi connectivity index (χ3v) is 7.12. The minimum Gasteiger partial charge on any atom is -0.336 e. The second-order valence-electron chi connectivity index (χ2n) is 7.69. The van der Waals surface area contributed by atoms with E-state index in [1.807, 2.05) is 36.4 Å². The molecule has 3 aromatic carbocycles. The summed E-state index contributed by atoms with van der Waals surface area (Å²) in [5, 5.41) is 1.20. The Balaban J connectivity index is 1.45. The van der Waals surface area contributed by atoms with Crippen LogP contribution >= 0.6 is 0 Å². The zero-order chi connectivity index (χ0) is 23.3. The molecule has 0 spiro atoms. The van der Waals surface area contributed by atoms with Crippen LogP contribution in [0.4, 0.5) is 0 Å². The molecule has 4 rings (SSSR count). The topological polar surface area (TPSA) is 74.8 Å². The molecule has 1 aliphatic heterocycles. The summed E-state index contributed by atoms with van der Waals surface area (Å²) in [6, 6.07) is 24.8. The van der Waals surface area contributed by atoms with Gasteiger partial charge in [0.05, 0.1) is 5.56 Å². The molecule has 0 atom stereocenters. The summed E-state index contributed by atoms with van der Waals surface area (Å²) in [7, 11) is -3.59. The molecular weight excluding hydrogens is 436 g/mol. The number of carbonyl (C=O) groups is 2. The van der Waals surface area contributed by atoms with Crippen molar-refractivity contribution in [3.8, 4) is 0 Å². The lowest BCUT2D eigenvalue weighted by atomic mass is 9.97. The fraction of sp³-hybridized carbons (Fsp3) is 0.154. The summed E-state index contributed by atoms with van der Waals surface area (Å²) >= 11 is 0. The van der Waals surface area contributed by atoms with E-state index in [-0.39, 0.29) is 37.9 Å². The van der Waals surface area contributed by atoms with Crippen molar-refractivity contribution in [2.45, 2.75) is 0 Å². The van der Waals surface area contributed by atoms with Gasteiger partial charge in [-0.3, -0.25) is 9.59 Å². The molecule has 1 fully saturated rings. The van der Waals surface area contributed by atoms with Crippen LogP contribution in [-0.4, -0.2) is 55.5 Å². The zero-order valence-corrected chi connectivity index (χ0v) is 18.8. The summed E-state index contributed by atoms with van der Waals surface area (Å²) in [5.41, 5.74) is 1.98. The molecule has 0 aromatic heterocycles. The van der Waals surface area contributed by atoms with Gasteiger partial charge in [-0.25, -0.2) is 8.42 Å². The Kier molecular flexibility index (Phi) is 6.82. The molecule has 0 aliphatic carbocycles. The van der Waals surface area contributed by atoms with E-state index in [0.717, 1.165) is 5.56 Å². The maximum atomic E-state index is 13.2. The van der Waals surface area contributed by atoms with E-state index in [1.54, 1.807) is 59.5 Å². The molecule has 0 radical (unpaired) electrons. The summed E-state index contributed by atoms with van der Waals surface area (Å²) in [6.07, 6.45) is 1.57. The average Bonchev–Trinajstić information content (AvgIpc) is 2.88. The Morgan fingerprint density at radius 1 is 0.697 bits per heavy atom. The van der Waals surface area contributed by atoms with Gasteiger partial charge >= 0.3 is 0 Å². The molecule has 33 heavy (non-hydrogen) atoms. The van der Waals surface area contributed by atoms with Crippen LogP contribution in [0.1, 0.15) is 31.8 Å². The largest absolute Gasteiger partial charge is 0.336 e. The standard InChI is InChI=1S/C26H24N2O4S/c29-25(22-11-5-2-6-12-22)23-13-7-8-14-24(23)26(30)27-16-18-28(19-17-27)33(31,32)20-15-21-9-3-1-4-10-21/h1-15,20H,16-19H2. The quantitative estimate of drug-likeness (QED) is 0.526. The van der Waals surface area contributed by atoms with Crippen molar-refractivity contribution < 1.29 is 18.0 Å². The number of ketones is 1. The molecule has 1 aliphatic rings. The summed E-state index contributed by atoms with van der Waals surface area (Å²) in [4.78, 5) is 27.8. The van der Waals surface area contributed by atoms with E-state index in [1.165, 1.54) is 9.71 Å². The Bertz CT molecular complexity index is 1260. The normalized spacial score (nSPS) is 15.0. The monoisotopic (exact) mass is 460 g/mol. The fourth-order valence-corrected chi connectivity index (χ4v) is 4.92. The Hall–Kier alpha value is -3.55. The number of nitrogens with zero attached hydrogens (tertiary/aromatic N) is 2. The number of piperazine rings is 1. The van der Waals surface area contributed by atoms with Gasteiger partial charge in [0, 0.05) is 42.7 Å². The van der Waals surface area contributed by atoms with Gasteiger partial charge in [-0.2, -0.15) is 4.31 Å². The van der Waals surface area contributed by atoms with Gasteiger partial charge in [0.2, 0.25) is 10.0 Å². The highest BCUT2D eigenvalue weighted by atomic mass is 32.2. The van der Waals surface area contributed by atoms with Crippen molar-refractivity contribution in [1.82, 2.24) is 9.21 Å². The molecule has 0 N–H and O–H groups in total. The zero-order valence-electron chi connectivity index (χ0n) is 18.0. The number of sulfonamides is 1. The predicted octanol–water partition coefficient (Wildman–Crippen LogP) is 3.68. The third-order valence-electron chi connectivity index (χ3n) is 5.56. The summed E-state index contributed by atoms with van der Waals surface area (Å²) < 4.78 is 26.8. The van der Waals surface area contributed by atoms with Crippen molar-refractivity contribution in [1.29, 1.82) is 0 Å². The van der Waals surface area contributed by atoms with Gasteiger partial charge < -0.3 is 4.90 Å². The predicted molar refractivity (Wildman–Crippen MR) is 128 cm³/mol. The minimum absolute atomic E-state index is 0.196. The van der Waals surface area contributed by atoms with E-state index in [0.29, 0.717) is 16.7 Å². The van der Waals surface area contributed by atoms with Crippen LogP contribution in [0.2, 0.25) is 0 Å². The number of rotatable bonds is 6. The van der Waals surface area contributed by atoms with Crippen LogP contribution in [0.15, 0.2) is 90.3 Å². The van der Waals surface area contributed by atoms with Crippen LogP contribution in [-0.2, 0) is 10.0 Å². The molecule has 0 saturated carbocycles. The molecule has 1 saturated heterocycles. The molecule has 0 bridgehead atoms. The van der Waals surface area contributed by atoms with Gasteiger partial charge in [-0.1, -0.05) is 78.9 Å². The minimum atomic E-state index is -3.59. The highest BCUT2D eigenvalue weighted by molar-refractivity contribution is 7.92. The van der Waals surface area contributed by atoms with Crippen LogP contribution in [0.25, 0.3) is 6.08 Å². The molecule has 168 valence electrons. The summed E-state index contributed by atoms with van der Waals surface area (Å²) in [6.45, 7) is 0.903. The summed E-state index contributed by atoms with van der Waals surface area (Å²) in [5.74, 6) is -0.487. The first-order chi connectivity index (χ1) is 16.0. The SMILES string of the molecule is O=C(c1ccccc1)c1ccccc1C(=O)N1CCN(S(=O)(=O)C=Cc2ccccc2)CC1. The van der Waals surface area contributed by atoms with Gasteiger partial charge in [0.1, 0.15) is 0 Å². The molecule has 1 heterocycles. The van der Waals surface area contributed by atoms with Crippen LogP contribution < -0.4 is 0 Å². The van der Waals surface area contributed by atoms with E-state index in [2.05, 4.69) is 0 Å². The smallest absolute Gasteiger partial charge is 0.254 e. The second-order valence-corrected chi connectivity index (χ2v) is 9.51. The number of benzene rings is 3. The Morgan fingerprint density at radius 2 is 1.24 bits per heavy atom. The van der Waals surface area contributed by atoms with Crippen LogP contribution in [0, 0.1) is 0 Å². The van der Waals surface area contributed by atoms with Crippen molar-refractivity contribution in [3.63, 3.8) is 0 Å². The van der Waals surface area contributed by atoms with Gasteiger partial charge in [0.25, 0.3) is 5.91 Å². The highest BCUT2D eigenvalue weighted by Crippen LogP contribution is 2.19. The lowest BCUT2D eigenvalue weighted by molar-refractivity contribution is 0.0695. The van der Waals surface area contributed by atoms with Crippen molar-refractivity contribution in [2.75, 3.05) is 26.2 Å². The number of amides is 1. The van der Waals surface area contributed by atoms with Gasteiger partial charge in [-0.05, 0) is 17.7 Å². The third kappa shape index (κ3) is 5.27. The molecular formula is C26H24N2O4S. The number of hydrogen-bond acceptors (Lipinski definition) is 4. The van der Waals surface area contributed by atoms with Crippen molar-refractivity contribution in [3.05, 3.63) is 113 Å². The highest BCUT2D eigenvalue weighted by Gasteiger charge is 2.29. The lowest BCUT2D eigenvalue weighted by Crippen LogP contribution is -2.50. The number of carbonyl (C=O) groups excluding carboxylic acids is 2. The van der Waals surface area contributed by atoms with Crippen molar-refractivity contribution in [2.24, 2.45) is 0 Å². The maximum absolute atomic E-state index is 13.2. The Morgan fingerprint density at radius 3 is 1.88 bits per heavy atom. The van der Waals surface area contributed by atoms with E-state index in [9.17, 15) is 18.0 Å². The van der Waals surface area contributed by atoms with Crippen LogP contribution in [0.5, 0.6) is 0 Å². The van der Waals surface area contributed by atoms with E-state index >= 15 is 0 Å².